The number of nitrogens with zero attached hydrogens (tertiary/aromatic N) is 3. The molecule has 1 aromatic heterocycles. The summed E-state index contributed by atoms with van der Waals surface area (Å²) < 4.78 is 15.8. The number of halogens is 1. The molecule has 1 amide bonds. The highest BCUT2D eigenvalue weighted by atomic mass is 19.1. The van der Waals surface area contributed by atoms with E-state index in [9.17, 15) is 18.8 Å². The standard InChI is InChI=1S/C25H26FN3O3/c26-22-8-4-7-21(16-22)15-19-9-12-27(13-10-19)24(31)18-29-23(30)11-14-28(25(29)32)17-20-5-2-1-3-6-20/h1-8,11,14,16,19H,9-10,12-13,15,17-18H2. The maximum absolute atomic E-state index is 13.4. The van der Waals surface area contributed by atoms with Crippen LogP contribution in [0.3, 0.4) is 0 Å². The Morgan fingerprint density at radius 3 is 2.38 bits per heavy atom. The van der Waals surface area contributed by atoms with Crippen LogP contribution in [0.1, 0.15) is 24.0 Å². The van der Waals surface area contributed by atoms with Gasteiger partial charge in [-0.3, -0.25) is 18.7 Å². The molecule has 0 radical (unpaired) electrons. The largest absolute Gasteiger partial charge is 0.341 e. The molecule has 6 nitrogen and oxygen atoms in total. The third-order valence-corrected chi connectivity index (χ3v) is 6.01. The Labute approximate surface area is 185 Å². The first-order valence-electron chi connectivity index (χ1n) is 10.9. The molecule has 1 aliphatic heterocycles. The van der Waals surface area contributed by atoms with Gasteiger partial charge in [0.1, 0.15) is 12.4 Å². The Balaban J connectivity index is 1.38. The third-order valence-electron chi connectivity index (χ3n) is 6.01. The van der Waals surface area contributed by atoms with Gasteiger partial charge in [0, 0.05) is 25.4 Å². The minimum absolute atomic E-state index is 0.231. The molecule has 1 aliphatic rings. The zero-order chi connectivity index (χ0) is 22.5. The molecule has 2 aromatic carbocycles. The molecule has 0 saturated carbocycles. The SMILES string of the molecule is O=C(Cn1c(=O)ccn(Cc2ccccc2)c1=O)N1CCC(Cc2cccc(F)c2)CC1. The van der Waals surface area contributed by atoms with Crippen molar-refractivity contribution < 1.29 is 9.18 Å². The van der Waals surface area contributed by atoms with Crippen molar-refractivity contribution in [1.82, 2.24) is 14.0 Å². The zero-order valence-corrected chi connectivity index (χ0v) is 17.8. The van der Waals surface area contributed by atoms with Crippen LogP contribution in [-0.4, -0.2) is 33.0 Å². The second kappa shape index (κ2) is 9.77. The fourth-order valence-electron chi connectivity index (χ4n) is 4.22. The number of aromatic nitrogens is 2. The predicted molar refractivity (Wildman–Crippen MR) is 120 cm³/mol. The molecule has 1 saturated heterocycles. The lowest BCUT2D eigenvalue weighted by atomic mass is 9.90. The number of likely N-dealkylation sites (tertiary alicyclic amines) is 1. The summed E-state index contributed by atoms with van der Waals surface area (Å²) in [7, 11) is 0. The van der Waals surface area contributed by atoms with Crippen molar-refractivity contribution >= 4 is 5.91 Å². The van der Waals surface area contributed by atoms with Crippen molar-refractivity contribution in [2.45, 2.75) is 32.4 Å². The topological polar surface area (TPSA) is 64.3 Å². The van der Waals surface area contributed by atoms with E-state index in [1.165, 1.54) is 22.9 Å². The number of hydrogen-bond donors (Lipinski definition) is 0. The van der Waals surface area contributed by atoms with Crippen molar-refractivity contribution in [2.24, 2.45) is 5.92 Å². The molecule has 32 heavy (non-hydrogen) atoms. The van der Waals surface area contributed by atoms with Crippen LogP contribution in [0.4, 0.5) is 4.39 Å². The first-order valence-corrected chi connectivity index (χ1v) is 10.9. The van der Waals surface area contributed by atoms with Crippen LogP contribution in [0.15, 0.2) is 76.4 Å². The molecule has 0 atom stereocenters. The maximum atomic E-state index is 13.4. The summed E-state index contributed by atoms with van der Waals surface area (Å²) in [5.41, 5.74) is 0.931. The Bertz CT molecular complexity index is 1190. The van der Waals surface area contributed by atoms with E-state index in [4.69, 9.17) is 0 Å². The van der Waals surface area contributed by atoms with Crippen LogP contribution in [0, 0.1) is 11.7 Å². The van der Waals surface area contributed by atoms with Gasteiger partial charge in [0.25, 0.3) is 5.56 Å². The number of piperidine rings is 1. The van der Waals surface area contributed by atoms with Gasteiger partial charge >= 0.3 is 5.69 Å². The Morgan fingerprint density at radius 2 is 1.66 bits per heavy atom. The first kappa shape index (κ1) is 21.7. The van der Waals surface area contributed by atoms with Crippen LogP contribution < -0.4 is 11.2 Å². The molecule has 166 valence electrons. The molecule has 2 heterocycles. The second-order valence-electron chi connectivity index (χ2n) is 8.29. The van der Waals surface area contributed by atoms with Gasteiger partial charge in [-0.1, -0.05) is 42.5 Å². The molecular formula is C25H26FN3O3. The summed E-state index contributed by atoms with van der Waals surface area (Å²) in [6.45, 7) is 1.21. The monoisotopic (exact) mass is 435 g/mol. The van der Waals surface area contributed by atoms with E-state index < -0.39 is 11.2 Å². The molecule has 0 unspecified atom stereocenters. The van der Waals surface area contributed by atoms with Gasteiger partial charge < -0.3 is 4.90 Å². The van der Waals surface area contributed by atoms with Crippen molar-refractivity contribution in [1.29, 1.82) is 0 Å². The van der Waals surface area contributed by atoms with Crippen LogP contribution in [0.25, 0.3) is 0 Å². The van der Waals surface area contributed by atoms with Crippen LogP contribution in [0.5, 0.6) is 0 Å². The molecule has 7 heteroatoms. The fraction of sp³-hybridized carbons (Fsp3) is 0.320. The molecule has 0 spiro atoms. The van der Waals surface area contributed by atoms with Crippen molar-refractivity contribution in [3.05, 3.63) is 105 Å². The number of amides is 1. The second-order valence-corrected chi connectivity index (χ2v) is 8.29. The fourth-order valence-corrected chi connectivity index (χ4v) is 4.22. The van der Waals surface area contributed by atoms with Gasteiger partial charge in [0.05, 0.1) is 6.54 Å². The number of carbonyl (C=O) groups excluding carboxylic acids is 1. The summed E-state index contributed by atoms with van der Waals surface area (Å²) in [4.78, 5) is 39.6. The van der Waals surface area contributed by atoms with Gasteiger partial charge in [-0.25, -0.2) is 9.18 Å². The first-order chi connectivity index (χ1) is 15.5. The number of carbonyl (C=O) groups is 1. The molecule has 0 aliphatic carbocycles. The molecule has 3 aromatic rings. The van der Waals surface area contributed by atoms with Crippen molar-refractivity contribution in [3.63, 3.8) is 0 Å². The molecular weight excluding hydrogens is 409 g/mol. The van der Waals surface area contributed by atoms with Crippen molar-refractivity contribution in [2.75, 3.05) is 13.1 Å². The maximum Gasteiger partial charge on any atom is 0.331 e. The van der Waals surface area contributed by atoms with Gasteiger partial charge in [-0.15, -0.1) is 0 Å². The molecule has 4 rings (SSSR count). The van der Waals surface area contributed by atoms with Gasteiger partial charge in [0.2, 0.25) is 5.91 Å². The van der Waals surface area contributed by atoms with Gasteiger partial charge in [-0.05, 0) is 48.4 Å². The lowest BCUT2D eigenvalue weighted by Gasteiger charge is -2.32. The minimum atomic E-state index is -0.490. The molecule has 0 N–H and O–H groups in total. The lowest BCUT2D eigenvalue weighted by Crippen LogP contribution is -2.46. The summed E-state index contributed by atoms with van der Waals surface area (Å²) >= 11 is 0. The lowest BCUT2D eigenvalue weighted by molar-refractivity contribution is -0.133. The average Bonchev–Trinajstić information content (AvgIpc) is 2.80. The Hall–Kier alpha value is -3.48. The van der Waals surface area contributed by atoms with Crippen LogP contribution in [-0.2, 0) is 24.3 Å². The van der Waals surface area contributed by atoms with E-state index in [1.807, 2.05) is 36.4 Å². The number of hydrogen-bond acceptors (Lipinski definition) is 3. The van der Waals surface area contributed by atoms with Gasteiger partial charge in [0.15, 0.2) is 0 Å². The van der Waals surface area contributed by atoms with E-state index in [1.54, 1.807) is 17.0 Å². The smallest absolute Gasteiger partial charge is 0.331 e. The van der Waals surface area contributed by atoms with Crippen LogP contribution >= 0.6 is 0 Å². The number of rotatable bonds is 6. The van der Waals surface area contributed by atoms with E-state index in [0.717, 1.165) is 35.0 Å². The van der Waals surface area contributed by atoms with Crippen LogP contribution in [0.2, 0.25) is 0 Å². The Morgan fingerprint density at radius 1 is 0.938 bits per heavy atom. The average molecular weight is 435 g/mol. The quantitative estimate of drug-likeness (QED) is 0.598. The highest BCUT2D eigenvalue weighted by molar-refractivity contribution is 5.76. The highest BCUT2D eigenvalue weighted by Gasteiger charge is 2.24. The van der Waals surface area contributed by atoms with E-state index in [2.05, 4.69) is 0 Å². The summed E-state index contributed by atoms with van der Waals surface area (Å²) in [6.07, 6.45) is 3.87. The van der Waals surface area contributed by atoms with Gasteiger partial charge in [-0.2, -0.15) is 0 Å². The Kier molecular flexibility index (Phi) is 6.63. The van der Waals surface area contributed by atoms with Crippen molar-refractivity contribution in [3.8, 4) is 0 Å². The zero-order valence-electron chi connectivity index (χ0n) is 17.8. The van der Waals surface area contributed by atoms with E-state index in [0.29, 0.717) is 25.6 Å². The van der Waals surface area contributed by atoms with E-state index >= 15 is 0 Å². The molecule has 1 fully saturated rings. The highest BCUT2D eigenvalue weighted by Crippen LogP contribution is 2.22. The minimum Gasteiger partial charge on any atom is -0.341 e. The number of benzene rings is 2. The summed E-state index contributed by atoms with van der Waals surface area (Å²) in [5, 5.41) is 0. The predicted octanol–water partition coefficient (Wildman–Crippen LogP) is 2.68. The van der Waals surface area contributed by atoms with E-state index in [-0.39, 0.29) is 18.3 Å². The third kappa shape index (κ3) is 5.22. The summed E-state index contributed by atoms with van der Waals surface area (Å²) in [5.74, 6) is -0.0874. The molecule has 0 bridgehead atoms. The normalized spacial score (nSPS) is 14.5. The summed E-state index contributed by atoms with van der Waals surface area (Å²) in [6, 6.07) is 17.4.